The van der Waals surface area contributed by atoms with E-state index >= 15 is 0 Å². The van der Waals surface area contributed by atoms with Gasteiger partial charge < -0.3 is 5.32 Å². The molecular formula is C16H29N. The summed E-state index contributed by atoms with van der Waals surface area (Å²) in [5.74, 6) is 6.08. The number of hydrogen-bond acceptors (Lipinski definition) is 1. The zero-order valence-corrected chi connectivity index (χ0v) is 11.6. The van der Waals surface area contributed by atoms with E-state index in [1.807, 2.05) is 6.92 Å². The van der Waals surface area contributed by atoms with Gasteiger partial charge >= 0.3 is 0 Å². The average Bonchev–Trinajstić information content (AvgIpc) is 2.32. The minimum Gasteiger partial charge on any atom is -0.303 e. The lowest BCUT2D eigenvalue weighted by molar-refractivity contribution is 0.417. The van der Waals surface area contributed by atoms with Crippen molar-refractivity contribution < 1.29 is 0 Å². The Balaban J connectivity index is 2.23. The second-order valence-corrected chi connectivity index (χ2v) is 5.26. The Kier molecular flexibility index (Phi) is 9.14. The van der Waals surface area contributed by atoms with Gasteiger partial charge in [0.15, 0.2) is 0 Å². The fourth-order valence-electron chi connectivity index (χ4n) is 2.65. The van der Waals surface area contributed by atoms with E-state index in [-0.39, 0.29) is 0 Å². The molecule has 1 aliphatic carbocycles. The summed E-state index contributed by atoms with van der Waals surface area (Å²) in [6.07, 6.45) is 15.6. The molecule has 1 heteroatoms. The summed E-state index contributed by atoms with van der Waals surface area (Å²) < 4.78 is 0. The smallest absolute Gasteiger partial charge is 0.0578 e. The Labute approximate surface area is 108 Å². The van der Waals surface area contributed by atoms with Crippen LogP contribution in [0.15, 0.2) is 0 Å². The second-order valence-electron chi connectivity index (χ2n) is 5.26. The molecule has 1 rings (SSSR count). The van der Waals surface area contributed by atoms with E-state index in [0.29, 0.717) is 0 Å². The molecule has 0 atom stereocenters. The molecule has 17 heavy (non-hydrogen) atoms. The maximum absolute atomic E-state index is 3.60. The molecule has 0 amide bonds. The van der Waals surface area contributed by atoms with Gasteiger partial charge in [-0.2, -0.15) is 0 Å². The zero-order valence-electron chi connectivity index (χ0n) is 11.6. The zero-order chi connectivity index (χ0) is 12.2. The van der Waals surface area contributed by atoms with Crippen LogP contribution in [0.1, 0.15) is 77.6 Å². The summed E-state index contributed by atoms with van der Waals surface area (Å²) in [6.45, 7) is 2.80. The Hall–Kier alpha value is -0.480. The lowest BCUT2D eigenvalue weighted by atomic mass is 9.98. The monoisotopic (exact) mass is 235 g/mol. The van der Waals surface area contributed by atoms with Crippen LogP contribution >= 0.6 is 0 Å². The highest BCUT2D eigenvalue weighted by Crippen LogP contribution is 2.16. The van der Waals surface area contributed by atoms with E-state index < -0.39 is 0 Å². The first-order valence-corrected chi connectivity index (χ1v) is 7.56. The van der Waals surface area contributed by atoms with E-state index in [1.54, 1.807) is 0 Å². The molecule has 1 nitrogen and oxygen atoms in total. The quantitative estimate of drug-likeness (QED) is 0.705. The topological polar surface area (TPSA) is 12.0 Å². The SMILES string of the molecule is CC#CCNC1CCCCCCCCCCC1. The Morgan fingerprint density at radius 2 is 1.29 bits per heavy atom. The van der Waals surface area contributed by atoms with Crippen LogP contribution in [0.5, 0.6) is 0 Å². The molecule has 0 aliphatic heterocycles. The third kappa shape index (κ3) is 8.27. The van der Waals surface area contributed by atoms with Crippen molar-refractivity contribution >= 4 is 0 Å². The van der Waals surface area contributed by atoms with E-state index in [4.69, 9.17) is 0 Å². The second kappa shape index (κ2) is 10.7. The maximum atomic E-state index is 3.60. The molecule has 0 spiro atoms. The van der Waals surface area contributed by atoms with Crippen molar-refractivity contribution in [1.29, 1.82) is 0 Å². The largest absolute Gasteiger partial charge is 0.303 e. The van der Waals surface area contributed by atoms with Gasteiger partial charge in [0.2, 0.25) is 0 Å². The summed E-state index contributed by atoms with van der Waals surface area (Å²) >= 11 is 0. The number of rotatable bonds is 2. The van der Waals surface area contributed by atoms with Crippen molar-refractivity contribution in [1.82, 2.24) is 5.32 Å². The van der Waals surface area contributed by atoms with Gasteiger partial charge in [0.1, 0.15) is 0 Å². The minimum atomic E-state index is 0.718. The van der Waals surface area contributed by atoms with Gasteiger partial charge in [0, 0.05) is 6.04 Å². The highest BCUT2D eigenvalue weighted by molar-refractivity contribution is 4.97. The molecule has 0 saturated heterocycles. The fourth-order valence-corrected chi connectivity index (χ4v) is 2.65. The molecule has 1 aliphatic rings. The lowest BCUT2D eigenvalue weighted by Gasteiger charge is -2.18. The van der Waals surface area contributed by atoms with E-state index in [9.17, 15) is 0 Å². The summed E-state index contributed by atoms with van der Waals surface area (Å²) in [5.41, 5.74) is 0. The Morgan fingerprint density at radius 1 is 0.824 bits per heavy atom. The van der Waals surface area contributed by atoms with Crippen LogP contribution < -0.4 is 5.32 Å². The van der Waals surface area contributed by atoms with Gasteiger partial charge in [-0.1, -0.05) is 63.7 Å². The van der Waals surface area contributed by atoms with Crippen LogP contribution in [0.25, 0.3) is 0 Å². The molecule has 1 fully saturated rings. The van der Waals surface area contributed by atoms with Gasteiger partial charge in [-0.25, -0.2) is 0 Å². The van der Waals surface area contributed by atoms with Crippen LogP contribution in [0.3, 0.4) is 0 Å². The molecule has 1 saturated carbocycles. The first-order valence-electron chi connectivity index (χ1n) is 7.56. The van der Waals surface area contributed by atoms with Crippen molar-refractivity contribution in [2.24, 2.45) is 0 Å². The van der Waals surface area contributed by atoms with Crippen molar-refractivity contribution in [3.8, 4) is 11.8 Å². The minimum absolute atomic E-state index is 0.718. The van der Waals surface area contributed by atoms with Crippen LogP contribution in [0, 0.1) is 11.8 Å². The average molecular weight is 235 g/mol. The predicted molar refractivity (Wildman–Crippen MR) is 76.0 cm³/mol. The van der Waals surface area contributed by atoms with Gasteiger partial charge in [0.25, 0.3) is 0 Å². The molecular weight excluding hydrogens is 206 g/mol. The number of hydrogen-bond donors (Lipinski definition) is 1. The highest BCUT2D eigenvalue weighted by atomic mass is 14.9. The molecule has 0 unspecified atom stereocenters. The molecule has 0 aromatic rings. The first kappa shape index (κ1) is 14.6. The number of nitrogens with one attached hydrogen (secondary N) is 1. The van der Waals surface area contributed by atoms with Gasteiger partial charge in [0.05, 0.1) is 6.54 Å². The normalized spacial score (nSPS) is 20.8. The van der Waals surface area contributed by atoms with Crippen molar-refractivity contribution in [3.63, 3.8) is 0 Å². The molecule has 0 aromatic carbocycles. The van der Waals surface area contributed by atoms with Gasteiger partial charge in [-0.05, 0) is 19.8 Å². The fraction of sp³-hybridized carbons (Fsp3) is 0.875. The summed E-state index contributed by atoms with van der Waals surface area (Å²) in [7, 11) is 0. The molecule has 0 heterocycles. The maximum Gasteiger partial charge on any atom is 0.0578 e. The summed E-state index contributed by atoms with van der Waals surface area (Å²) in [6, 6.07) is 0.718. The van der Waals surface area contributed by atoms with Gasteiger partial charge in [-0.3, -0.25) is 0 Å². The van der Waals surface area contributed by atoms with Crippen molar-refractivity contribution in [3.05, 3.63) is 0 Å². The Morgan fingerprint density at radius 3 is 1.76 bits per heavy atom. The van der Waals surface area contributed by atoms with Gasteiger partial charge in [-0.15, -0.1) is 5.92 Å². The van der Waals surface area contributed by atoms with Crippen LogP contribution in [0.4, 0.5) is 0 Å². The predicted octanol–water partition coefficient (Wildman–Crippen LogP) is 4.27. The van der Waals surface area contributed by atoms with E-state index in [2.05, 4.69) is 17.2 Å². The molecule has 0 bridgehead atoms. The third-order valence-electron chi connectivity index (χ3n) is 3.76. The Bertz CT molecular complexity index is 211. The molecule has 1 N–H and O–H groups in total. The molecule has 98 valence electrons. The van der Waals surface area contributed by atoms with E-state index in [0.717, 1.165) is 12.6 Å². The van der Waals surface area contributed by atoms with Crippen molar-refractivity contribution in [2.45, 2.75) is 83.6 Å². The molecule has 0 aromatic heterocycles. The molecule has 0 radical (unpaired) electrons. The summed E-state index contributed by atoms with van der Waals surface area (Å²) in [4.78, 5) is 0. The summed E-state index contributed by atoms with van der Waals surface area (Å²) in [5, 5.41) is 3.60. The highest BCUT2D eigenvalue weighted by Gasteiger charge is 2.07. The lowest BCUT2D eigenvalue weighted by Crippen LogP contribution is -2.29. The third-order valence-corrected chi connectivity index (χ3v) is 3.76. The van der Waals surface area contributed by atoms with E-state index in [1.165, 1.54) is 70.6 Å². The van der Waals surface area contributed by atoms with Crippen LogP contribution in [-0.2, 0) is 0 Å². The van der Waals surface area contributed by atoms with Crippen molar-refractivity contribution in [2.75, 3.05) is 6.54 Å². The standard InChI is InChI=1S/C16H29N/c1-2-3-15-17-16-13-11-9-7-5-4-6-8-10-12-14-16/h16-17H,4-15H2,1H3. The van der Waals surface area contributed by atoms with Crippen LogP contribution in [-0.4, -0.2) is 12.6 Å². The van der Waals surface area contributed by atoms with Crippen LogP contribution in [0.2, 0.25) is 0 Å². The first-order chi connectivity index (χ1) is 8.43.